The number of piperazine rings is 1. The Bertz CT molecular complexity index is 749. The van der Waals surface area contributed by atoms with E-state index in [0.29, 0.717) is 17.5 Å². The summed E-state index contributed by atoms with van der Waals surface area (Å²) >= 11 is 0. The molecule has 0 spiro atoms. The molecule has 8 heteroatoms. The molecule has 1 aliphatic heterocycles. The fraction of sp³-hybridized carbons (Fsp3) is 0.647. The quantitative estimate of drug-likeness (QED) is 0.874. The summed E-state index contributed by atoms with van der Waals surface area (Å²) in [4.78, 5) is 25.1. The second-order valence-corrected chi connectivity index (χ2v) is 6.89. The second-order valence-electron chi connectivity index (χ2n) is 6.89. The van der Waals surface area contributed by atoms with Crippen LogP contribution in [0.4, 0.5) is 5.82 Å². The lowest BCUT2D eigenvalue weighted by Gasteiger charge is -2.38. The first-order valence-corrected chi connectivity index (χ1v) is 9.04. The molecule has 0 atom stereocenters. The van der Waals surface area contributed by atoms with E-state index in [1.165, 1.54) is 12.7 Å². The first kappa shape index (κ1) is 16.3. The van der Waals surface area contributed by atoms with Crippen molar-refractivity contribution in [1.29, 1.82) is 0 Å². The summed E-state index contributed by atoms with van der Waals surface area (Å²) in [6.45, 7) is 7.15. The number of anilines is 1. The Morgan fingerprint density at radius 2 is 2.08 bits per heavy atom. The molecule has 0 unspecified atom stereocenters. The Labute approximate surface area is 146 Å². The topological polar surface area (TPSA) is 87.4 Å². The van der Waals surface area contributed by atoms with E-state index in [0.717, 1.165) is 69.0 Å². The first-order chi connectivity index (χ1) is 12.2. The molecule has 134 valence electrons. The van der Waals surface area contributed by atoms with Crippen LogP contribution >= 0.6 is 0 Å². The average molecular weight is 344 g/mol. The van der Waals surface area contributed by atoms with Gasteiger partial charge < -0.3 is 14.7 Å². The van der Waals surface area contributed by atoms with E-state index < -0.39 is 0 Å². The number of fused-ring (bicyclic) bond motifs is 1. The number of aromatic nitrogens is 3. The third-order valence-electron chi connectivity index (χ3n) is 5.30. The van der Waals surface area contributed by atoms with Gasteiger partial charge >= 0.3 is 0 Å². The molecule has 3 heterocycles. The highest BCUT2D eigenvalue weighted by molar-refractivity contribution is 5.87. The zero-order chi connectivity index (χ0) is 17.2. The van der Waals surface area contributed by atoms with E-state index in [1.54, 1.807) is 0 Å². The number of hydrogen-bond donors (Lipinski definition) is 1. The lowest BCUT2D eigenvalue weighted by atomic mass is 9.84. The molecular weight excluding hydrogens is 320 g/mol. The summed E-state index contributed by atoms with van der Waals surface area (Å²) in [6, 6.07) is 0. The van der Waals surface area contributed by atoms with Crippen molar-refractivity contribution in [2.45, 2.75) is 26.2 Å². The number of carbonyl (C=O) groups excluding carboxylic acids is 1. The molecule has 1 saturated carbocycles. The fourth-order valence-corrected chi connectivity index (χ4v) is 3.49. The summed E-state index contributed by atoms with van der Waals surface area (Å²) in [5, 5.41) is 8.14. The van der Waals surface area contributed by atoms with Crippen LogP contribution in [0.25, 0.3) is 11.1 Å². The van der Waals surface area contributed by atoms with Crippen LogP contribution in [0.3, 0.4) is 0 Å². The SMILES string of the molecule is Cc1noc2ncnc(NCCN3CCN(C(=O)C4CCC4)CC3)c12. The minimum absolute atomic E-state index is 0.306. The van der Waals surface area contributed by atoms with Gasteiger partial charge in [-0.2, -0.15) is 4.98 Å². The van der Waals surface area contributed by atoms with Crippen molar-refractivity contribution in [3.8, 4) is 0 Å². The van der Waals surface area contributed by atoms with Gasteiger partial charge in [-0.1, -0.05) is 11.6 Å². The van der Waals surface area contributed by atoms with Gasteiger partial charge in [-0.05, 0) is 19.8 Å². The van der Waals surface area contributed by atoms with E-state index in [4.69, 9.17) is 4.52 Å². The van der Waals surface area contributed by atoms with E-state index in [1.807, 2.05) is 11.8 Å². The standard InChI is InChI=1S/C17H24N6O2/c1-12-14-15(19-11-20-16(14)25-21-12)18-5-6-22-7-9-23(10-8-22)17(24)13-3-2-4-13/h11,13H,2-10H2,1H3,(H,18,19,20). The Morgan fingerprint density at radius 1 is 1.28 bits per heavy atom. The number of amides is 1. The highest BCUT2D eigenvalue weighted by atomic mass is 16.5. The van der Waals surface area contributed by atoms with Crippen LogP contribution in [-0.2, 0) is 4.79 Å². The van der Waals surface area contributed by atoms with Gasteiger partial charge in [-0.3, -0.25) is 9.69 Å². The monoisotopic (exact) mass is 344 g/mol. The molecule has 1 N–H and O–H groups in total. The predicted molar refractivity (Wildman–Crippen MR) is 93.2 cm³/mol. The molecule has 4 rings (SSSR count). The molecule has 0 aromatic carbocycles. The summed E-state index contributed by atoms with van der Waals surface area (Å²) in [5.41, 5.74) is 1.30. The Morgan fingerprint density at radius 3 is 2.80 bits per heavy atom. The summed E-state index contributed by atoms with van der Waals surface area (Å²) < 4.78 is 5.16. The zero-order valence-electron chi connectivity index (χ0n) is 14.6. The van der Waals surface area contributed by atoms with Crippen LogP contribution in [-0.4, -0.2) is 70.1 Å². The number of rotatable bonds is 5. The van der Waals surface area contributed by atoms with Gasteiger partial charge in [0, 0.05) is 45.2 Å². The van der Waals surface area contributed by atoms with Crippen LogP contribution in [0, 0.1) is 12.8 Å². The van der Waals surface area contributed by atoms with Gasteiger partial charge in [-0.25, -0.2) is 4.98 Å². The normalized spacial score (nSPS) is 19.2. The summed E-state index contributed by atoms with van der Waals surface area (Å²) in [6.07, 6.45) is 4.86. The Kier molecular flexibility index (Phi) is 4.52. The van der Waals surface area contributed by atoms with Crippen molar-refractivity contribution >= 4 is 22.8 Å². The molecule has 2 fully saturated rings. The molecule has 2 aliphatic rings. The van der Waals surface area contributed by atoms with Crippen molar-refractivity contribution in [2.75, 3.05) is 44.6 Å². The highest BCUT2D eigenvalue weighted by Crippen LogP contribution is 2.28. The van der Waals surface area contributed by atoms with Crippen LogP contribution < -0.4 is 5.32 Å². The summed E-state index contributed by atoms with van der Waals surface area (Å²) in [5.74, 6) is 1.44. The minimum Gasteiger partial charge on any atom is -0.368 e. The van der Waals surface area contributed by atoms with E-state index >= 15 is 0 Å². The van der Waals surface area contributed by atoms with E-state index in [-0.39, 0.29) is 0 Å². The lowest BCUT2D eigenvalue weighted by Crippen LogP contribution is -2.51. The van der Waals surface area contributed by atoms with Gasteiger partial charge in [-0.15, -0.1) is 0 Å². The van der Waals surface area contributed by atoms with Gasteiger partial charge in [0.05, 0.1) is 5.69 Å². The largest absolute Gasteiger partial charge is 0.368 e. The maximum Gasteiger partial charge on any atom is 0.263 e. The van der Waals surface area contributed by atoms with E-state index in [2.05, 4.69) is 25.3 Å². The molecule has 2 aromatic rings. The second kappa shape index (κ2) is 6.95. The third-order valence-corrected chi connectivity index (χ3v) is 5.30. The highest BCUT2D eigenvalue weighted by Gasteiger charge is 2.31. The van der Waals surface area contributed by atoms with Crippen LogP contribution in [0.15, 0.2) is 10.9 Å². The molecule has 0 radical (unpaired) electrons. The molecule has 1 amide bonds. The molecule has 25 heavy (non-hydrogen) atoms. The molecule has 0 bridgehead atoms. The van der Waals surface area contributed by atoms with Crippen molar-refractivity contribution < 1.29 is 9.32 Å². The van der Waals surface area contributed by atoms with Crippen molar-refractivity contribution in [3.05, 3.63) is 12.0 Å². The molecular formula is C17H24N6O2. The maximum absolute atomic E-state index is 12.3. The lowest BCUT2D eigenvalue weighted by molar-refractivity contribution is -0.139. The maximum atomic E-state index is 12.3. The molecule has 1 saturated heterocycles. The van der Waals surface area contributed by atoms with Gasteiger partial charge in [0.2, 0.25) is 5.91 Å². The number of nitrogens with zero attached hydrogens (tertiary/aromatic N) is 5. The van der Waals surface area contributed by atoms with Crippen molar-refractivity contribution in [3.63, 3.8) is 0 Å². The average Bonchev–Trinajstić information content (AvgIpc) is 2.96. The summed E-state index contributed by atoms with van der Waals surface area (Å²) in [7, 11) is 0. The van der Waals surface area contributed by atoms with E-state index in [9.17, 15) is 4.79 Å². The van der Waals surface area contributed by atoms with Crippen molar-refractivity contribution in [2.24, 2.45) is 5.92 Å². The number of nitrogens with one attached hydrogen (secondary N) is 1. The predicted octanol–water partition coefficient (Wildman–Crippen LogP) is 1.28. The Balaban J connectivity index is 1.25. The number of carbonyl (C=O) groups is 1. The molecule has 2 aromatic heterocycles. The fourth-order valence-electron chi connectivity index (χ4n) is 3.49. The smallest absolute Gasteiger partial charge is 0.263 e. The zero-order valence-corrected chi connectivity index (χ0v) is 14.6. The molecule has 1 aliphatic carbocycles. The van der Waals surface area contributed by atoms with Crippen LogP contribution in [0.5, 0.6) is 0 Å². The van der Waals surface area contributed by atoms with Gasteiger partial charge in [0.15, 0.2) is 0 Å². The first-order valence-electron chi connectivity index (χ1n) is 9.04. The van der Waals surface area contributed by atoms with Crippen LogP contribution in [0.1, 0.15) is 25.0 Å². The number of aryl methyl sites for hydroxylation is 1. The van der Waals surface area contributed by atoms with Crippen LogP contribution in [0.2, 0.25) is 0 Å². The van der Waals surface area contributed by atoms with Gasteiger partial charge in [0.25, 0.3) is 5.71 Å². The van der Waals surface area contributed by atoms with Gasteiger partial charge in [0.1, 0.15) is 17.5 Å². The third kappa shape index (κ3) is 3.30. The van der Waals surface area contributed by atoms with Crippen molar-refractivity contribution in [1.82, 2.24) is 24.9 Å². The number of hydrogen-bond acceptors (Lipinski definition) is 7. The molecule has 8 nitrogen and oxygen atoms in total. The Hall–Kier alpha value is -2.22. The minimum atomic E-state index is 0.306.